The smallest absolute Gasteiger partial charge is 0.225 e. The van der Waals surface area contributed by atoms with E-state index in [4.69, 9.17) is 10.6 Å². The Morgan fingerprint density at radius 2 is 1.90 bits per heavy atom. The quantitative estimate of drug-likeness (QED) is 0.341. The first-order chi connectivity index (χ1) is 15.0. The molecular formula is C22H27N5O2S2. The first kappa shape index (κ1) is 23.0. The lowest BCUT2D eigenvalue weighted by molar-refractivity contribution is -0.115. The van der Waals surface area contributed by atoms with Crippen molar-refractivity contribution in [2.45, 2.75) is 42.8 Å². The summed E-state index contributed by atoms with van der Waals surface area (Å²) in [6.45, 7) is 4.52. The van der Waals surface area contributed by atoms with Gasteiger partial charge in [-0.15, -0.1) is 22.0 Å². The van der Waals surface area contributed by atoms with E-state index in [0.29, 0.717) is 29.1 Å². The number of amides is 1. The van der Waals surface area contributed by atoms with Crippen LogP contribution in [0.25, 0.3) is 0 Å². The fraction of sp³-hybridized carbons (Fsp3) is 0.318. The zero-order valence-electron chi connectivity index (χ0n) is 17.9. The minimum absolute atomic E-state index is 0.0505. The van der Waals surface area contributed by atoms with Gasteiger partial charge in [0.2, 0.25) is 11.1 Å². The summed E-state index contributed by atoms with van der Waals surface area (Å²) in [5, 5.41) is 11.7. The number of thioether (sulfide) groups is 2. The second-order valence-electron chi connectivity index (χ2n) is 7.13. The minimum atomic E-state index is -0.0505. The molecule has 3 aromatic rings. The summed E-state index contributed by atoms with van der Waals surface area (Å²) in [5.74, 6) is 8.34. The van der Waals surface area contributed by atoms with Crippen LogP contribution in [0.1, 0.15) is 37.6 Å². The van der Waals surface area contributed by atoms with Crippen LogP contribution in [0.3, 0.4) is 0 Å². The fourth-order valence-corrected chi connectivity index (χ4v) is 4.16. The summed E-state index contributed by atoms with van der Waals surface area (Å²) in [5.41, 5.74) is 2.09. The third kappa shape index (κ3) is 6.41. The van der Waals surface area contributed by atoms with Gasteiger partial charge in [-0.25, -0.2) is 4.68 Å². The van der Waals surface area contributed by atoms with E-state index in [1.807, 2.05) is 42.7 Å². The Balaban J connectivity index is 1.47. The van der Waals surface area contributed by atoms with E-state index in [1.165, 1.54) is 22.0 Å². The lowest BCUT2D eigenvalue weighted by Gasteiger charge is -2.09. The van der Waals surface area contributed by atoms with E-state index in [0.717, 1.165) is 16.3 Å². The molecule has 1 aromatic heterocycles. The zero-order valence-corrected chi connectivity index (χ0v) is 19.5. The Bertz CT molecular complexity index is 1010. The number of nitrogens with two attached hydrogens (primary N) is 1. The maximum absolute atomic E-state index is 12.3. The highest BCUT2D eigenvalue weighted by Gasteiger charge is 2.13. The lowest BCUT2D eigenvalue weighted by Crippen LogP contribution is -2.16. The molecule has 0 aliphatic heterocycles. The molecule has 164 valence electrons. The molecule has 0 radical (unpaired) electrons. The second kappa shape index (κ2) is 11.1. The Labute approximate surface area is 191 Å². The first-order valence-corrected chi connectivity index (χ1v) is 12.2. The molecule has 2 aromatic carbocycles. The van der Waals surface area contributed by atoms with E-state index in [2.05, 4.69) is 41.5 Å². The zero-order chi connectivity index (χ0) is 22.2. The van der Waals surface area contributed by atoms with Crippen molar-refractivity contribution in [3.63, 3.8) is 0 Å². The summed E-state index contributed by atoms with van der Waals surface area (Å²) in [7, 11) is 0. The van der Waals surface area contributed by atoms with Crippen molar-refractivity contribution in [1.82, 2.24) is 14.9 Å². The van der Waals surface area contributed by atoms with Crippen molar-refractivity contribution in [1.29, 1.82) is 0 Å². The number of rotatable bonds is 10. The number of carbonyl (C=O) groups excluding carboxylic acids is 1. The van der Waals surface area contributed by atoms with E-state index >= 15 is 0 Å². The monoisotopic (exact) mass is 457 g/mol. The molecule has 0 bridgehead atoms. The minimum Gasteiger partial charge on any atom is -0.486 e. The van der Waals surface area contributed by atoms with Gasteiger partial charge in [-0.2, -0.15) is 0 Å². The number of benzene rings is 2. The number of ether oxygens (including phenoxy) is 1. The molecule has 0 unspecified atom stereocenters. The molecule has 3 N–H and O–H groups in total. The summed E-state index contributed by atoms with van der Waals surface area (Å²) >= 11 is 2.98. The number of hydrogen-bond donors (Lipinski definition) is 2. The molecular weight excluding hydrogens is 430 g/mol. The van der Waals surface area contributed by atoms with Gasteiger partial charge in [0.25, 0.3) is 0 Å². The highest BCUT2D eigenvalue weighted by atomic mass is 32.2. The van der Waals surface area contributed by atoms with E-state index in [1.54, 1.807) is 11.8 Å². The highest BCUT2D eigenvalue weighted by molar-refractivity contribution is 7.99. The van der Waals surface area contributed by atoms with Gasteiger partial charge in [0.05, 0.1) is 5.69 Å². The molecule has 0 fully saturated rings. The van der Waals surface area contributed by atoms with Gasteiger partial charge in [-0.1, -0.05) is 49.9 Å². The van der Waals surface area contributed by atoms with E-state index in [-0.39, 0.29) is 12.5 Å². The van der Waals surface area contributed by atoms with Gasteiger partial charge in [-0.3, -0.25) is 4.79 Å². The van der Waals surface area contributed by atoms with E-state index < -0.39 is 0 Å². The van der Waals surface area contributed by atoms with Crippen LogP contribution in [0.15, 0.2) is 58.6 Å². The van der Waals surface area contributed by atoms with Crippen molar-refractivity contribution in [3.05, 3.63) is 59.9 Å². The van der Waals surface area contributed by atoms with Crippen molar-refractivity contribution in [3.8, 4) is 5.75 Å². The van der Waals surface area contributed by atoms with Crippen molar-refractivity contribution >= 4 is 35.1 Å². The highest BCUT2D eigenvalue weighted by Crippen LogP contribution is 2.25. The van der Waals surface area contributed by atoms with Crippen LogP contribution in [-0.4, -0.2) is 32.8 Å². The lowest BCUT2D eigenvalue weighted by atomic mass is 10.0. The number of aromatic nitrogens is 3. The summed E-state index contributed by atoms with van der Waals surface area (Å²) in [4.78, 5) is 13.3. The molecule has 0 aliphatic carbocycles. The van der Waals surface area contributed by atoms with Crippen LogP contribution in [0.5, 0.6) is 5.75 Å². The maximum atomic E-state index is 12.3. The molecule has 7 nitrogen and oxygen atoms in total. The van der Waals surface area contributed by atoms with Gasteiger partial charge >= 0.3 is 0 Å². The topological polar surface area (TPSA) is 95.1 Å². The van der Waals surface area contributed by atoms with Gasteiger partial charge in [0.1, 0.15) is 12.4 Å². The molecule has 0 saturated carbocycles. The molecule has 9 heteroatoms. The molecule has 1 amide bonds. The van der Waals surface area contributed by atoms with Crippen LogP contribution in [0.2, 0.25) is 0 Å². The molecule has 1 heterocycles. The normalized spacial score (nSPS) is 11.0. The number of carbonyl (C=O) groups is 1. The average molecular weight is 458 g/mol. The number of para-hydroxylation sites is 1. The largest absolute Gasteiger partial charge is 0.486 e. The number of hydrogen-bond acceptors (Lipinski definition) is 7. The number of nitrogen functional groups attached to an aromatic ring is 1. The van der Waals surface area contributed by atoms with Gasteiger partial charge in [-0.05, 0) is 42.0 Å². The average Bonchev–Trinajstić information content (AvgIpc) is 3.12. The Hall–Kier alpha value is -2.65. The Morgan fingerprint density at radius 1 is 1.16 bits per heavy atom. The molecule has 0 atom stereocenters. The molecule has 31 heavy (non-hydrogen) atoms. The summed E-state index contributed by atoms with van der Waals surface area (Å²) in [6.07, 6.45) is 2.32. The van der Waals surface area contributed by atoms with E-state index in [9.17, 15) is 4.79 Å². The van der Waals surface area contributed by atoms with Gasteiger partial charge < -0.3 is 15.9 Å². The summed E-state index contributed by atoms with van der Waals surface area (Å²) < 4.78 is 7.18. The van der Waals surface area contributed by atoms with Crippen LogP contribution in [0, 0.1) is 0 Å². The third-order valence-corrected chi connectivity index (χ3v) is 6.33. The van der Waals surface area contributed by atoms with Crippen LogP contribution < -0.4 is 15.9 Å². The molecule has 0 saturated heterocycles. The Kier molecular flexibility index (Phi) is 8.25. The predicted molar refractivity (Wildman–Crippen MR) is 127 cm³/mol. The van der Waals surface area contributed by atoms with Crippen LogP contribution in [-0.2, 0) is 11.4 Å². The van der Waals surface area contributed by atoms with Gasteiger partial charge in [0, 0.05) is 17.1 Å². The fourth-order valence-electron chi connectivity index (χ4n) is 2.80. The first-order valence-electron chi connectivity index (χ1n) is 9.95. The maximum Gasteiger partial charge on any atom is 0.225 e. The number of nitrogens with one attached hydrogen (secondary N) is 1. The Morgan fingerprint density at radius 3 is 2.61 bits per heavy atom. The predicted octanol–water partition coefficient (Wildman–Crippen LogP) is 4.54. The number of anilines is 1. The molecule has 0 spiro atoms. The summed E-state index contributed by atoms with van der Waals surface area (Å²) in [6, 6.07) is 15.7. The SMILES string of the molecule is CSc1ccccc1NC(=O)CCSc1nnc(COc2ccc(C(C)C)cc2)n1N. The molecule has 3 rings (SSSR count). The standard InChI is InChI=1S/C22H27N5O2S2/c1-15(2)16-8-10-17(11-9-16)29-14-20-25-26-22(27(20)23)31-13-12-21(28)24-18-6-4-5-7-19(18)30-3/h4-11,15H,12-14,23H2,1-3H3,(H,24,28). The van der Waals surface area contributed by atoms with Crippen molar-refractivity contribution < 1.29 is 9.53 Å². The van der Waals surface area contributed by atoms with Crippen molar-refractivity contribution in [2.75, 3.05) is 23.2 Å². The van der Waals surface area contributed by atoms with Crippen LogP contribution >= 0.6 is 23.5 Å². The molecule has 0 aliphatic rings. The second-order valence-corrected chi connectivity index (χ2v) is 9.04. The third-order valence-electron chi connectivity index (χ3n) is 4.59. The van der Waals surface area contributed by atoms with Crippen molar-refractivity contribution in [2.24, 2.45) is 0 Å². The van der Waals surface area contributed by atoms with Gasteiger partial charge in [0.15, 0.2) is 5.82 Å². The number of nitrogens with zero attached hydrogens (tertiary/aromatic N) is 3. The van der Waals surface area contributed by atoms with Crippen LogP contribution in [0.4, 0.5) is 5.69 Å².